The Hall–Kier alpha value is -2.16. The number of anilines is 1. The van der Waals surface area contributed by atoms with Crippen LogP contribution in [0.25, 0.3) is 0 Å². The first kappa shape index (κ1) is 13.3. The number of para-hydroxylation sites is 1. The first-order valence-corrected chi connectivity index (χ1v) is 6.23. The minimum absolute atomic E-state index is 0.0514. The van der Waals surface area contributed by atoms with Crippen molar-refractivity contribution in [3.05, 3.63) is 66.0 Å². The first-order chi connectivity index (χ1) is 9.16. The molecule has 0 aliphatic heterocycles. The van der Waals surface area contributed by atoms with Crippen LogP contribution in [0.5, 0.6) is 0 Å². The van der Waals surface area contributed by atoms with Gasteiger partial charge in [0.15, 0.2) is 0 Å². The molecule has 0 N–H and O–H groups in total. The summed E-state index contributed by atoms with van der Waals surface area (Å²) in [6.07, 6.45) is 1.04. The van der Waals surface area contributed by atoms with E-state index in [1.54, 1.807) is 24.1 Å². The van der Waals surface area contributed by atoms with Gasteiger partial charge in [-0.15, -0.1) is 0 Å². The highest BCUT2D eigenvalue weighted by atomic mass is 19.1. The number of nitrogens with zero attached hydrogens (tertiary/aromatic N) is 1. The fourth-order valence-electron chi connectivity index (χ4n) is 1.87. The molecule has 2 aromatic carbocycles. The Morgan fingerprint density at radius 1 is 1.05 bits per heavy atom. The van der Waals surface area contributed by atoms with Crippen molar-refractivity contribution >= 4 is 11.6 Å². The van der Waals surface area contributed by atoms with Gasteiger partial charge in [-0.1, -0.05) is 30.3 Å². The normalized spacial score (nSPS) is 10.2. The van der Waals surface area contributed by atoms with Gasteiger partial charge < -0.3 is 4.90 Å². The summed E-state index contributed by atoms with van der Waals surface area (Å²) >= 11 is 0. The molecule has 0 saturated heterocycles. The molecule has 0 spiro atoms. The number of benzene rings is 2. The molecule has 1 amide bonds. The molecule has 0 saturated carbocycles. The second-order valence-electron chi connectivity index (χ2n) is 4.41. The molecule has 0 fully saturated rings. The number of halogens is 1. The largest absolute Gasteiger partial charge is 0.315 e. The molecule has 0 bridgehead atoms. The maximum atomic E-state index is 12.8. The van der Waals surface area contributed by atoms with Crippen molar-refractivity contribution in [2.24, 2.45) is 0 Å². The highest BCUT2D eigenvalue weighted by Gasteiger charge is 2.10. The summed E-state index contributed by atoms with van der Waals surface area (Å²) in [5, 5.41) is 0. The lowest BCUT2D eigenvalue weighted by atomic mass is 10.1. The Labute approximate surface area is 112 Å². The molecule has 2 nitrogen and oxygen atoms in total. The molecule has 2 aromatic rings. The number of amides is 1. The Balaban J connectivity index is 1.93. The predicted octanol–water partition coefficient (Wildman–Crippen LogP) is 3.42. The van der Waals surface area contributed by atoms with Crippen molar-refractivity contribution < 1.29 is 9.18 Å². The predicted molar refractivity (Wildman–Crippen MR) is 74.6 cm³/mol. The van der Waals surface area contributed by atoms with Crippen LogP contribution in [0.2, 0.25) is 0 Å². The van der Waals surface area contributed by atoms with Gasteiger partial charge in [0.05, 0.1) is 0 Å². The lowest BCUT2D eigenvalue weighted by molar-refractivity contribution is -0.118. The Bertz CT molecular complexity index is 536. The zero-order chi connectivity index (χ0) is 13.7. The van der Waals surface area contributed by atoms with Crippen LogP contribution in [-0.4, -0.2) is 13.0 Å². The van der Waals surface area contributed by atoms with Crippen molar-refractivity contribution in [3.8, 4) is 0 Å². The van der Waals surface area contributed by atoms with E-state index in [0.717, 1.165) is 11.3 Å². The van der Waals surface area contributed by atoms with E-state index in [-0.39, 0.29) is 11.7 Å². The van der Waals surface area contributed by atoms with Crippen LogP contribution in [0.4, 0.5) is 10.1 Å². The zero-order valence-corrected chi connectivity index (χ0v) is 10.8. The highest BCUT2D eigenvalue weighted by molar-refractivity contribution is 5.92. The van der Waals surface area contributed by atoms with Gasteiger partial charge in [-0.3, -0.25) is 4.79 Å². The van der Waals surface area contributed by atoms with E-state index in [1.807, 2.05) is 30.3 Å². The van der Waals surface area contributed by atoms with Gasteiger partial charge in [-0.2, -0.15) is 0 Å². The molecule has 0 aromatic heterocycles. The lowest BCUT2D eigenvalue weighted by Crippen LogP contribution is -2.26. The van der Waals surface area contributed by atoms with Crippen LogP contribution in [0.15, 0.2) is 54.6 Å². The molecule has 0 unspecified atom stereocenters. The average molecular weight is 257 g/mol. The van der Waals surface area contributed by atoms with Crippen molar-refractivity contribution in [1.82, 2.24) is 0 Å². The molecule has 19 heavy (non-hydrogen) atoms. The summed E-state index contributed by atoms with van der Waals surface area (Å²) < 4.78 is 12.8. The van der Waals surface area contributed by atoms with Gasteiger partial charge in [0.2, 0.25) is 5.91 Å². The second kappa shape index (κ2) is 6.14. The van der Waals surface area contributed by atoms with Gasteiger partial charge in [-0.05, 0) is 36.2 Å². The summed E-state index contributed by atoms with van der Waals surface area (Å²) in [5.74, 6) is -0.202. The summed E-state index contributed by atoms with van der Waals surface area (Å²) in [7, 11) is 1.77. The molecular weight excluding hydrogens is 241 g/mol. The topological polar surface area (TPSA) is 20.3 Å². The number of aryl methyl sites for hydroxylation is 1. The van der Waals surface area contributed by atoms with Crippen LogP contribution in [0, 0.1) is 5.82 Å². The minimum Gasteiger partial charge on any atom is -0.315 e. The minimum atomic E-state index is -0.253. The summed E-state index contributed by atoms with van der Waals surface area (Å²) in [6.45, 7) is 0. The third-order valence-corrected chi connectivity index (χ3v) is 3.06. The van der Waals surface area contributed by atoms with E-state index in [9.17, 15) is 9.18 Å². The van der Waals surface area contributed by atoms with Crippen molar-refractivity contribution in [1.29, 1.82) is 0 Å². The molecule has 0 aliphatic carbocycles. The van der Waals surface area contributed by atoms with Crippen LogP contribution >= 0.6 is 0 Å². The fourth-order valence-corrected chi connectivity index (χ4v) is 1.87. The maximum Gasteiger partial charge on any atom is 0.227 e. The molecule has 98 valence electrons. The van der Waals surface area contributed by atoms with E-state index in [0.29, 0.717) is 12.8 Å². The van der Waals surface area contributed by atoms with Gasteiger partial charge in [0.25, 0.3) is 0 Å². The summed E-state index contributed by atoms with van der Waals surface area (Å²) in [4.78, 5) is 13.7. The number of rotatable bonds is 4. The highest BCUT2D eigenvalue weighted by Crippen LogP contribution is 2.13. The van der Waals surface area contributed by atoms with E-state index in [1.165, 1.54) is 12.1 Å². The van der Waals surface area contributed by atoms with Crippen molar-refractivity contribution in [3.63, 3.8) is 0 Å². The quantitative estimate of drug-likeness (QED) is 0.821. The zero-order valence-electron chi connectivity index (χ0n) is 10.8. The average Bonchev–Trinajstić information content (AvgIpc) is 2.46. The molecule has 3 heteroatoms. The van der Waals surface area contributed by atoms with Crippen molar-refractivity contribution in [2.75, 3.05) is 11.9 Å². The molecular formula is C16H16FNO. The molecule has 2 rings (SSSR count). The van der Waals surface area contributed by atoms with Crippen LogP contribution in [0.1, 0.15) is 12.0 Å². The molecule has 0 atom stereocenters. The molecule has 0 aliphatic rings. The number of hydrogen-bond acceptors (Lipinski definition) is 1. The second-order valence-corrected chi connectivity index (χ2v) is 4.41. The van der Waals surface area contributed by atoms with Crippen LogP contribution in [0.3, 0.4) is 0 Å². The maximum absolute atomic E-state index is 12.8. The summed E-state index contributed by atoms with van der Waals surface area (Å²) in [6, 6.07) is 15.8. The van der Waals surface area contributed by atoms with Gasteiger partial charge in [0, 0.05) is 19.2 Å². The van der Waals surface area contributed by atoms with Crippen molar-refractivity contribution in [2.45, 2.75) is 12.8 Å². The Morgan fingerprint density at radius 3 is 2.32 bits per heavy atom. The van der Waals surface area contributed by atoms with E-state index in [4.69, 9.17) is 0 Å². The molecule has 0 heterocycles. The third kappa shape index (κ3) is 3.65. The first-order valence-electron chi connectivity index (χ1n) is 6.23. The SMILES string of the molecule is CN(C(=O)CCc1ccc(F)cc1)c1ccccc1. The Kier molecular flexibility index (Phi) is 4.29. The lowest BCUT2D eigenvalue weighted by Gasteiger charge is -2.17. The van der Waals surface area contributed by atoms with E-state index in [2.05, 4.69) is 0 Å². The van der Waals surface area contributed by atoms with E-state index < -0.39 is 0 Å². The number of hydrogen-bond donors (Lipinski definition) is 0. The summed E-state index contributed by atoms with van der Waals surface area (Å²) in [5.41, 5.74) is 1.85. The van der Waals surface area contributed by atoms with Gasteiger partial charge in [0.1, 0.15) is 5.82 Å². The van der Waals surface area contributed by atoms with Crippen LogP contribution < -0.4 is 4.90 Å². The molecule has 0 radical (unpaired) electrons. The van der Waals surface area contributed by atoms with Gasteiger partial charge in [-0.25, -0.2) is 4.39 Å². The smallest absolute Gasteiger partial charge is 0.227 e. The fraction of sp³-hybridized carbons (Fsp3) is 0.188. The van der Waals surface area contributed by atoms with Crippen LogP contribution in [-0.2, 0) is 11.2 Å². The standard InChI is InChI=1S/C16H16FNO/c1-18(15-5-3-2-4-6-15)16(19)12-9-13-7-10-14(17)11-8-13/h2-8,10-11H,9,12H2,1H3. The van der Waals surface area contributed by atoms with Gasteiger partial charge >= 0.3 is 0 Å². The number of carbonyl (C=O) groups excluding carboxylic acids is 1. The number of carbonyl (C=O) groups is 1. The third-order valence-electron chi connectivity index (χ3n) is 3.06. The Morgan fingerprint density at radius 2 is 1.68 bits per heavy atom. The van der Waals surface area contributed by atoms with E-state index >= 15 is 0 Å². The monoisotopic (exact) mass is 257 g/mol.